The number of hydrogen-bond donors (Lipinski definition) is 1. The number of anilines is 1. The number of methoxy groups -OCH3 is 1. The second-order valence-corrected chi connectivity index (χ2v) is 5.12. The quantitative estimate of drug-likeness (QED) is 0.882. The lowest BCUT2D eigenvalue weighted by Crippen LogP contribution is -2.24. The number of amides is 3. The molecule has 0 unspecified atom stereocenters. The zero-order chi connectivity index (χ0) is 16.6. The van der Waals surface area contributed by atoms with Gasteiger partial charge in [0.25, 0.3) is 17.7 Å². The van der Waals surface area contributed by atoms with E-state index in [1.807, 2.05) is 0 Å². The Morgan fingerprint density at radius 2 is 1.78 bits per heavy atom. The average Bonchev–Trinajstić information content (AvgIpc) is 2.79. The third-order valence-corrected chi connectivity index (χ3v) is 3.68. The average molecular weight is 310 g/mol. The van der Waals surface area contributed by atoms with Crippen molar-refractivity contribution in [3.63, 3.8) is 0 Å². The Balaban J connectivity index is 1.87. The van der Waals surface area contributed by atoms with Gasteiger partial charge in [0.1, 0.15) is 5.75 Å². The number of carbonyl (C=O) groups excluding carboxylic acids is 3. The van der Waals surface area contributed by atoms with Crippen molar-refractivity contribution in [1.29, 1.82) is 0 Å². The van der Waals surface area contributed by atoms with E-state index < -0.39 is 5.91 Å². The van der Waals surface area contributed by atoms with Gasteiger partial charge in [0.05, 0.1) is 18.2 Å². The van der Waals surface area contributed by atoms with E-state index in [9.17, 15) is 14.4 Å². The Hall–Kier alpha value is -3.15. The number of imide groups is 1. The Morgan fingerprint density at radius 1 is 1.04 bits per heavy atom. The monoisotopic (exact) mass is 310 g/mol. The molecule has 3 amide bonds. The molecule has 0 radical (unpaired) electrons. The molecule has 1 aliphatic heterocycles. The van der Waals surface area contributed by atoms with Gasteiger partial charge in [0, 0.05) is 24.4 Å². The van der Waals surface area contributed by atoms with E-state index in [0.29, 0.717) is 22.6 Å². The second kappa shape index (κ2) is 5.57. The van der Waals surface area contributed by atoms with E-state index in [0.717, 1.165) is 4.90 Å². The van der Waals surface area contributed by atoms with Crippen molar-refractivity contribution in [3.05, 3.63) is 59.2 Å². The van der Waals surface area contributed by atoms with Gasteiger partial charge in [-0.05, 0) is 30.3 Å². The van der Waals surface area contributed by atoms with E-state index in [1.165, 1.54) is 25.2 Å². The number of rotatable bonds is 3. The third kappa shape index (κ3) is 2.55. The molecular weight excluding hydrogens is 296 g/mol. The van der Waals surface area contributed by atoms with E-state index >= 15 is 0 Å². The van der Waals surface area contributed by atoms with Gasteiger partial charge in [-0.1, -0.05) is 6.07 Å². The molecule has 0 saturated carbocycles. The summed E-state index contributed by atoms with van der Waals surface area (Å²) in [6.45, 7) is 0. The summed E-state index contributed by atoms with van der Waals surface area (Å²) in [6.07, 6.45) is 0. The number of fused-ring (bicyclic) bond motifs is 1. The van der Waals surface area contributed by atoms with Crippen LogP contribution < -0.4 is 10.1 Å². The number of carbonyl (C=O) groups is 3. The van der Waals surface area contributed by atoms with Crippen LogP contribution in [0.3, 0.4) is 0 Å². The highest BCUT2D eigenvalue weighted by molar-refractivity contribution is 6.22. The molecule has 0 bridgehead atoms. The minimum atomic E-state index is -0.402. The van der Waals surface area contributed by atoms with Crippen molar-refractivity contribution >= 4 is 23.4 Å². The smallest absolute Gasteiger partial charge is 0.261 e. The SMILES string of the molecule is COc1cccc(NC(=O)c2ccc3c(c2)C(=O)N(C)C3=O)c1. The molecule has 3 rings (SSSR count). The second-order valence-electron chi connectivity index (χ2n) is 5.12. The summed E-state index contributed by atoms with van der Waals surface area (Å²) in [4.78, 5) is 37.2. The summed E-state index contributed by atoms with van der Waals surface area (Å²) in [5.41, 5.74) is 1.45. The first-order valence-corrected chi connectivity index (χ1v) is 6.93. The topological polar surface area (TPSA) is 75.7 Å². The Labute approximate surface area is 132 Å². The Bertz CT molecular complexity index is 829. The molecule has 23 heavy (non-hydrogen) atoms. The fraction of sp³-hybridized carbons (Fsp3) is 0.118. The first-order chi connectivity index (χ1) is 11.0. The first-order valence-electron chi connectivity index (χ1n) is 6.93. The first kappa shape index (κ1) is 14.8. The number of nitrogens with zero attached hydrogens (tertiary/aromatic N) is 1. The van der Waals surface area contributed by atoms with Gasteiger partial charge in [0.2, 0.25) is 0 Å². The van der Waals surface area contributed by atoms with E-state index in [4.69, 9.17) is 4.74 Å². The van der Waals surface area contributed by atoms with E-state index in [2.05, 4.69) is 5.32 Å². The van der Waals surface area contributed by atoms with Gasteiger partial charge < -0.3 is 10.1 Å². The predicted molar refractivity (Wildman–Crippen MR) is 83.8 cm³/mol. The Kier molecular flexibility index (Phi) is 3.57. The van der Waals surface area contributed by atoms with Crippen LogP contribution >= 0.6 is 0 Å². The van der Waals surface area contributed by atoms with Gasteiger partial charge >= 0.3 is 0 Å². The summed E-state index contributed by atoms with van der Waals surface area (Å²) in [5.74, 6) is -0.499. The normalized spacial score (nSPS) is 13.0. The highest BCUT2D eigenvalue weighted by atomic mass is 16.5. The molecule has 1 N–H and O–H groups in total. The van der Waals surface area contributed by atoms with E-state index in [-0.39, 0.29) is 17.4 Å². The number of ether oxygens (including phenoxy) is 1. The van der Waals surface area contributed by atoms with Crippen LogP contribution in [0.15, 0.2) is 42.5 Å². The van der Waals surface area contributed by atoms with Crippen LogP contribution in [0.2, 0.25) is 0 Å². The maximum absolute atomic E-state index is 12.3. The van der Waals surface area contributed by atoms with Crippen molar-refractivity contribution in [1.82, 2.24) is 4.90 Å². The molecule has 1 aliphatic rings. The van der Waals surface area contributed by atoms with Crippen LogP contribution in [0, 0.1) is 0 Å². The highest BCUT2D eigenvalue weighted by Gasteiger charge is 2.33. The van der Waals surface area contributed by atoms with Crippen LogP contribution in [0.4, 0.5) is 5.69 Å². The van der Waals surface area contributed by atoms with Crippen molar-refractivity contribution in [2.75, 3.05) is 19.5 Å². The van der Waals surface area contributed by atoms with Crippen LogP contribution in [-0.2, 0) is 0 Å². The number of hydrogen-bond acceptors (Lipinski definition) is 4. The molecule has 2 aromatic carbocycles. The fourth-order valence-corrected chi connectivity index (χ4v) is 2.41. The van der Waals surface area contributed by atoms with Crippen LogP contribution in [-0.4, -0.2) is 36.8 Å². The lowest BCUT2D eigenvalue weighted by Gasteiger charge is -2.07. The number of nitrogens with one attached hydrogen (secondary N) is 1. The highest BCUT2D eigenvalue weighted by Crippen LogP contribution is 2.23. The van der Waals surface area contributed by atoms with Crippen molar-refractivity contribution < 1.29 is 19.1 Å². The molecule has 116 valence electrons. The van der Waals surface area contributed by atoms with Crippen LogP contribution in [0.25, 0.3) is 0 Å². The van der Waals surface area contributed by atoms with Crippen LogP contribution in [0.5, 0.6) is 5.75 Å². The van der Waals surface area contributed by atoms with Gasteiger partial charge in [-0.15, -0.1) is 0 Å². The molecule has 0 spiro atoms. The molecule has 1 heterocycles. The maximum Gasteiger partial charge on any atom is 0.261 e. The zero-order valence-electron chi connectivity index (χ0n) is 12.6. The predicted octanol–water partition coefficient (Wildman–Crippen LogP) is 2.17. The van der Waals surface area contributed by atoms with Crippen LogP contribution in [0.1, 0.15) is 31.1 Å². The van der Waals surface area contributed by atoms with Gasteiger partial charge in [-0.3, -0.25) is 19.3 Å². The summed E-state index contributed by atoms with van der Waals surface area (Å²) >= 11 is 0. The minimum Gasteiger partial charge on any atom is -0.497 e. The molecule has 6 nitrogen and oxygen atoms in total. The Morgan fingerprint density at radius 3 is 2.52 bits per heavy atom. The third-order valence-electron chi connectivity index (χ3n) is 3.68. The van der Waals surface area contributed by atoms with Crippen molar-refractivity contribution in [2.45, 2.75) is 0 Å². The molecule has 6 heteroatoms. The summed E-state index contributed by atoms with van der Waals surface area (Å²) in [5, 5.41) is 2.73. The molecule has 0 aliphatic carbocycles. The number of benzene rings is 2. The lowest BCUT2D eigenvalue weighted by molar-refractivity contribution is 0.0693. The standard InChI is InChI=1S/C17H14N2O4/c1-19-16(21)13-7-6-10(8-14(13)17(19)22)15(20)18-11-4-3-5-12(9-11)23-2/h3-9H,1-2H3,(H,18,20). The molecule has 0 saturated heterocycles. The van der Waals surface area contributed by atoms with Crippen molar-refractivity contribution in [2.24, 2.45) is 0 Å². The molecule has 2 aromatic rings. The molecule has 0 fully saturated rings. The largest absolute Gasteiger partial charge is 0.497 e. The maximum atomic E-state index is 12.3. The van der Waals surface area contributed by atoms with Crippen molar-refractivity contribution in [3.8, 4) is 5.75 Å². The fourth-order valence-electron chi connectivity index (χ4n) is 2.41. The summed E-state index contributed by atoms with van der Waals surface area (Å²) in [7, 11) is 2.96. The van der Waals surface area contributed by atoms with Gasteiger partial charge in [-0.25, -0.2) is 0 Å². The van der Waals surface area contributed by atoms with Gasteiger partial charge in [0.15, 0.2) is 0 Å². The molecular formula is C17H14N2O4. The molecule has 0 aromatic heterocycles. The summed E-state index contributed by atoms with van der Waals surface area (Å²) < 4.78 is 5.10. The lowest BCUT2D eigenvalue weighted by atomic mass is 10.1. The van der Waals surface area contributed by atoms with Gasteiger partial charge in [-0.2, -0.15) is 0 Å². The molecule has 0 atom stereocenters. The summed E-state index contributed by atoms with van der Waals surface area (Å²) in [6, 6.07) is 11.4. The zero-order valence-corrected chi connectivity index (χ0v) is 12.6. The van der Waals surface area contributed by atoms with E-state index in [1.54, 1.807) is 31.4 Å². The minimum absolute atomic E-state index is 0.246.